The number of ether oxygens (including phenoxy) is 1. The van der Waals surface area contributed by atoms with Crippen LogP contribution in [-0.4, -0.2) is 35.7 Å². The van der Waals surface area contributed by atoms with Crippen LogP contribution in [0, 0.1) is 0 Å². The molecule has 1 saturated heterocycles. The van der Waals surface area contributed by atoms with E-state index in [1.165, 1.54) is 0 Å². The highest BCUT2D eigenvalue weighted by atomic mass is 35.5. The normalized spacial score (nSPS) is 22.5. The molecule has 2 heterocycles. The molecule has 0 aromatic carbocycles. The van der Waals surface area contributed by atoms with Gasteiger partial charge in [-0.1, -0.05) is 6.92 Å². The summed E-state index contributed by atoms with van der Waals surface area (Å²) in [6, 6.07) is 0. The van der Waals surface area contributed by atoms with Crippen molar-refractivity contribution in [3.05, 3.63) is 16.1 Å². The highest BCUT2D eigenvalue weighted by Gasteiger charge is 2.19. The average Bonchev–Trinajstić information content (AvgIpc) is 2.77. The monoisotopic (exact) mass is 260 g/mol. The van der Waals surface area contributed by atoms with Crippen LogP contribution in [0.5, 0.6) is 0 Å². The number of aromatic nitrogens is 1. The van der Waals surface area contributed by atoms with Gasteiger partial charge in [0, 0.05) is 18.5 Å². The first-order valence-electron chi connectivity index (χ1n) is 5.65. The molecule has 0 N–H and O–H groups in total. The molecular weight excluding hydrogens is 244 g/mol. The molecule has 0 amide bonds. The molecule has 0 radical (unpaired) electrons. The van der Waals surface area contributed by atoms with Gasteiger partial charge in [-0.25, -0.2) is 4.98 Å². The fourth-order valence-electron chi connectivity index (χ4n) is 1.85. The first-order chi connectivity index (χ1) is 7.81. The Bertz CT molecular complexity index is 332. The summed E-state index contributed by atoms with van der Waals surface area (Å²) in [5.41, 5.74) is 0.988. The van der Waals surface area contributed by atoms with Crippen LogP contribution in [0.15, 0.2) is 5.38 Å². The van der Waals surface area contributed by atoms with Gasteiger partial charge in [-0.05, 0) is 6.42 Å². The molecule has 1 unspecified atom stereocenters. The van der Waals surface area contributed by atoms with E-state index in [1.54, 1.807) is 11.3 Å². The summed E-state index contributed by atoms with van der Waals surface area (Å²) < 4.78 is 5.64. The summed E-state index contributed by atoms with van der Waals surface area (Å²) in [6.07, 6.45) is 1.47. The van der Waals surface area contributed by atoms with E-state index in [0.29, 0.717) is 12.0 Å². The SMILES string of the molecule is CCC1CN(Cc2nc(CCl)cs2)CCO1. The zero-order valence-corrected chi connectivity index (χ0v) is 11.1. The van der Waals surface area contributed by atoms with E-state index < -0.39 is 0 Å². The fraction of sp³-hybridized carbons (Fsp3) is 0.727. The molecule has 16 heavy (non-hydrogen) atoms. The molecule has 2 rings (SSSR count). The molecule has 1 aromatic heterocycles. The molecule has 1 fully saturated rings. The van der Waals surface area contributed by atoms with Crippen molar-refractivity contribution in [2.75, 3.05) is 19.7 Å². The van der Waals surface area contributed by atoms with Crippen LogP contribution in [0.4, 0.5) is 0 Å². The van der Waals surface area contributed by atoms with E-state index in [-0.39, 0.29) is 0 Å². The summed E-state index contributed by atoms with van der Waals surface area (Å²) in [5, 5.41) is 3.20. The maximum Gasteiger partial charge on any atom is 0.107 e. The van der Waals surface area contributed by atoms with Gasteiger partial charge in [0.25, 0.3) is 0 Å². The summed E-state index contributed by atoms with van der Waals surface area (Å²) in [7, 11) is 0. The van der Waals surface area contributed by atoms with Gasteiger partial charge < -0.3 is 4.74 Å². The predicted molar refractivity (Wildman–Crippen MR) is 67.0 cm³/mol. The van der Waals surface area contributed by atoms with Gasteiger partial charge in [0.2, 0.25) is 0 Å². The minimum atomic E-state index is 0.390. The zero-order valence-electron chi connectivity index (χ0n) is 9.49. The second-order valence-electron chi connectivity index (χ2n) is 4.00. The van der Waals surface area contributed by atoms with Crippen LogP contribution in [0.25, 0.3) is 0 Å². The molecule has 5 heteroatoms. The van der Waals surface area contributed by atoms with Gasteiger partial charge in [-0.3, -0.25) is 4.90 Å². The Labute approximate surface area is 105 Å². The molecule has 0 spiro atoms. The van der Waals surface area contributed by atoms with E-state index in [1.807, 2.05) is 5.38 Å². The fourth-order valence-corrected chi connectivity index (χ4v) is 2.91. The standard InChI is InChI=1S/C11H17ClN2OS/c1-2-10-6-14(3-4-15-10)7-11-13-9(5-12)8-16-11/h8,10H,2-7H2,1H3. The molecule has 1 aliphatic rings. The summed E-state index contributed by atoms with van der Waals surface area (Å²) in [5.74, 6) is 0.511. The van der Waals surface area contributed by atoms with Crippen molar-refractivity contribution in [3.63, 3.8) is 0 Å². The van der Waals surface area contributed by atoms with Gasteiger partial charge in [0.1, 0.15) is 5.01 Å². The minimum Gasteiger partial charge on any atom is -0.376 e. The Morgan fingerprint density at radius 2 is 2.56 bits per heavy atom. The number of rotatable bonds is 4. The molecule has 3 nitrogen and oxygen atoms in total. The van der Waals surface area contributed by atoms with Gasteiger partial charge >= 0.3 is 0 Å². The highest BCUT2D eigenvalue weighted by molar-refractivity contribution is 7.09. The maximum absolute atomic E-state index is 5.74. The smallest absolute Gasteiger partial charge is 0.107 e. The first kappa shape index (κ1) is 12.3. The lowest BCUT2D eigenvalue weighted by molar-refractivity contribution is -0.0324. The Kier molecular flexibility index (Phi) is 4.58. The van der Waals surface area contributed by atoms with Crippen LogP contribution in [0.3, 0.4) is 0 Å². The third kappa shape index (κ3) is 3.17. The molecule has 0 bridgehead atoms. The molecule has 1 aliphatic heterocycles. The summed E-state index contributed by atoms with van der Waals surface area (Å²) in [4.78, 5) is 6.89. The Hall–Kier alpha value is -0.160. The van der Waals surface area contributed by atoms with Crippen LogP contribution < -0.4 is 0 Å². The van der Waals surface area contributed by atoms with Crippen molar-refractivity contribution >= 4 is 22.9 Å². The third-order valence-electron chi connectivity index (χ3n) is 2.77. The molecule has 90 valence electrons. The van der Waals surface area contributed by atoms with Crippen LogP contribution >= 0.6 is 22.9 Å². The van der Waals surface area contributed by atoms with Crippen molar-refractivity contribution < 1.29 is 4.74 Å². The molecule has 1 aromatic rings. The largest absolute Gasteiger partial charge is 0.376 e. The third-order valence-corrected chi connectivity index (χ3v) is 3.93. The number of halogens is 1. The van der Waals surface area contributed by atoms with Gasteiger partial charge in [0.15, 0.2) is 0 Å². The average molecular weight is 261 g/mol. The molecular formula is C11H17ClN2OS. The molecule has 0 saturated carbocycles. The number of morpholine rings is 1. The summed E-state index contributed by atoms with van der Waals surface area (Å²) >= 11 is 7.44. The second kappa shape index (κ2) is 5.96. The van der Waals surface area contributed by atoms with Crippen molar-refractivity contribution in [3.8, 4) is 0 Å². The van der Waals surface area contributed by atoms with E-state index in [4.69, 9.17) is 16.3 Å². The Balaban J connectivity index is 1.88. The van der Waals surface area contributed by atoms with Crippen molar-refractivity contribution in [1.82, 2.24) is 9.88 Å². The highest BCUT2D eigenvalue weighted by Crippen LogP contribution is 2.16. The number of hydrogen-bond donors (Lipinski definition) is 0. The summed E-state index contributed by atoms with van der Waals surface area (Å²) in [6.45, 7) is 5.97. The van der Waals surface area contributed by atoms with Crippen LogP contribution in [-0.2, 0) is 17.2 Å². The minimum absolute atomic E-state index is 0.390. The van der Waals surface area contributed by atoms with Crippen molar-refractivity contribution in [1.29, 1.82) is 0 Å². The van der Waals surface area contributed by atoms with E-state index in [0.717, 1.165) is 43.4 Å². The van der Waals surface area contributed by atoms with Gasteiger partial charge in [0.05, 0.1) is 30.8 Å². The Morgan fingerprint density at radius 3 is 3.25 bits per heavy atom. The van der Waals surface area contributed by atoms with E-state index in [2.05, 4.69) is 16.8 Å². The maximum atomic E-state index is 5.74. The molecule has 0 aliphatic carbocycles. The predicted octanol–water partition coefficient (Wildman–Crippen LogP) is 2.49. The van der Waals surface area contributed by atoms with Crippen LogP contribution in [0.2, 0.25) is 0 Å². The van der Waals surface area contributed by atoms with Crippen LogP contribution in [0.1, 0.15) is 24.0 Å². The lowest BCUT2D eigenvalue weighted by Crippen LogP contribution is -2.41. The first-order valence-corrected chi connectivity index (χ1v) is 7.06. The van der Waals surface area contributed by atoms with Crippen molar-refractivity contribution in [2.24, 2.45) is 0 Å². The number of nitrogens with zero attached hydrogens (tertiary/aromatic N) is 2. The van der Waals surface area contributed by atoms with E-state index >= 15 is 0 Å². The van der Waals surface area contributed by atoms with Gasteiger partial charge in [-0.2, -0.15) is 0 Å². The lowest BCUT2D eigenvalue weighted by atomic mass is 10.2. The quantitative estimate of drug-likeness (QED) is 0.778. The van der Waals surface area contributed by atoms with Gasteiger partial charge in [-0.15, -0.1) is 22.9 Å². The number of thiazole rings is 1. The van der Waals surface area contributed by atoms with E-state index in [9.17, 15) is 0 Å². The van der Waals surface area contributed by atoms with Crippen molar-refractivity contribution in [2.45, 2.75) is 31.9 Å². The number of hydrogen-bond acceptors (Lipinski definition) is 4. The second-order valence-corrected chi connectivity index (χ2v) is 5.21. The zero-order chi connectivity index (χ0) is 11.4. The lowest BCUT2D eigenvalue weighted by Gasteiger charge is -2.31. The number of alkyl halides is 1. The Morgan fingerprint density at radius 1 is 1.69 bits per heavy atom. The molecule has 1 atom stereocenters. The topological polar surface area (TPSA) is 25.4 Å².